The van der Waals surface area contributed by atoms with Gasteiger partial charge in [-0.3, -0.25) is 29.0 Å². The number of Topliss-reactive ketones (excluding diaryl/α,β-unsaturated/α-hetero) is 1. The molecule has 256 valence electrons. The number of nitrogens with zero attached hydrogens (tertiary/aromatic N) is 1. The molecule has 2 aromatic carbocycles. The zero-order chi connectivity index (χ0) is 35.6. The van der Waals surface area contributed by atoms with Gasteiger partial charge in [0.15, 0.2) is 0 Å². The molecule has 4 amide bonds. The number of carbonyl (C=O) groups excluding carboxylic acids is 5. The molecular weight excluding hydrogens is 665 g/mol. The maximum Gasteiger partial charge on any atom is 0.405 e. The molecule has 10 nitrogen and oxygen atoms in total. The van der Waals surface area contributed by atoms with Gasteiger partial charge >= 0.3 is 12.1 Å². The Bertz CT molecular complexity index is 1610. The van der Waals surface area contributed by atoms with Crippen molar-refractivity contribution in [3.8, 4) is 0 Å². The fourth-order valence-corrected chi connectivity index (χ4v) is 4.61. The van der Waals surface area contributed by atoms with Crippen molar-refractivity contribution in [1.29, 1.82) is 0 Å². The van der Waals surface area contributed by atoms with Gasteiger partial charge in [-0.05, 0) is 41.3 Å². The van der Waals surface area contributed by atoms with Crippen molar-refractivity contribution in [2.75, 3.05) is 6.54 Å². The van der Waals surface area contributed by atoms with Gasteiger partial charge in [0.1, 0.15) is 24.3 Å². The predicted molar refractivity (Wildman–Crippen MR) is 164 cm³/mol. The van der Waals surface area contributed by atoms with Crippen LogP contribution in [0.1, 0.15) is 41.5 Å². The Hall–Kier alpha value is -4.92. The number of hydrogen-bond acceptors (Lipinski definition) is 6. The highest BCUT2D eigenvalue weighted by Gasteiger charge is 2.52. The van der Waals surface area contributed by atoms with Crippen LogP contribution in [0.3, 0.4) is 0 Å². The summed E-state index contributed by atoms with van der Waals surface area (Å²) >= 11 is 6.10. The van der Waals surface area contributed by atoms with Crippen molar-refractivity contribution < 1.29 is 45.9 Å². The quantitative estimate of drug-likeness (QED) is 0.148. The van der Waals surface area contributed by atoms with Crippen LogP contribution in [-0.2, 0) is 25.6 Å². The molecule has 0 saturated carbocycles. The maximum absolute atomic E-state index is 14.8. The Morgan fingerprint density at radius 2 is 1.48 bits per heavy atom. The van der Waals surface area contributed by atoms with Crippen LogP contribution in [-0.4, -0.2) is 65.1 Å². The summed E-state index contributed by atoms with van der Waals surface area (Å²) < 4.78 is 67.1. The first-order chi connectivity index (χ1) is 22.5. The third-order valence-corrected chi connectivity index (χ3v) is 7.06. The minimum Gasteiger partial charge on any atom is -0.344 e. The van der Waals surface area contributed by atoms with Crippen molar-refractivity contribution in [1.82, 2.24) is 26.3 Å². The van der Waals surface area contributed by atoms with Gasteiger partial charge in [0.05, 0.1) is 6.04 Å². The van der Waals surface area contributed by atoms with Crippen molar-refractivity contribution in [2.24, 2.45) is 5.92 Å². The van der Waals surface area contributed by atoms with Gasteiger partial charge in [-0.1, -0.05) is 74.0 Å². The highest BCUT2D eigenvalue weighted by Crippen LogP contribution is 2.23. The van der Waals surface area contributed by atoms with Crippen molar-refractivity contribution in [3.05, 3.63) is 101 Å². The lowest BCUT2D eigenvalue weighted by Crippen LogP contribution is -2.58. The molecule has 3 rings (SSSR count). The zero-order valence-electron chi connectivity index (χ0n) is 25.5. The molecule has 0 saturated heterocycles. The van der Waals surface area contributed by atoms with E-state index in [-0.39, 0.29) is 17.7 Å². The van der Waals surface area contributed by atoms with Crippen LogP contribution < -0.4 is 21.3 Å². The smallest absolute Gasteiger partial charge is 0.344 e. The summed E-state index contributed by atoms with van der Waals surface area (Å²) in [6.07, 6.45) is -3.77. The second-order valence-corrected chi connectivity index (χ2v) is 11.3. The van der Waals surface area contributed by atoms with E-state index in [1.807, 2.05) is 0 Å². The summed E-state index contributed by atoms with van der Waals surface area (Å²) in [6.45, 7) is 0.413. The second-order valence-electron chi connectivity index (χ2n) is 10.9. The molecule has 0 bridgehead atoms. The molecule has 48 heavy (non-hydrogen) atoms. The number of alkyl halides is 5. The Kier molecular flexibility index (Phi) is 12.7. The Labute approximate surface area is 276 Å². The molecule has 0 aliphatic carbocycles. The van der Waals surface area contributed by atoms with Gasteiger partial charge < -0.3 is 21.3 Å². The van der Waals surface area contributed by atoms with E-state index in [0.717, 1.165) is 5.32 Å². The summed E-state index contributed by atoms with van der Waals surface area (Å²) in [6, 6.07) is 13.4. The lowest BCUT2D eigenvalue weighted by molar-refractivity contribution is -0.165. The number of carbonyl (C=O) groups is 5. The van der Waals surface area contributed by atoms with E-state index >= 15 is 0 Å². The maximum atomic E-state index is 14.8. The molecule has 0 spiro atoms. The minimum atomic E-state index is -5.02. The summed E-state index contributed by atoms with van der Waals surface area (Å²) in [5, 5.41) is 8.49. The molecule has 0 radical (unpaired) electrons. The number of pyridine rings is 1. The molecule has 1 aromatic heterocycles. The molecule has 3 atom stereocenters. The van der Waals surface area contributed by atoms with Crippen LogP contribution in [0, 0.1) is 5.92 Å². The van der Waals surface area contributed by atoms with Crippen molar-refractivity contribution in [2.45, 2.75) is 50.5 Å². The highest BCUT2D eigenvalue weighted by atomic mass is 35.5. The van der Waals surface area contributed by atoms with Gasteiger partial charge in [-0.15, -0.1) is 0 Å². The SMILES string of the molecule is CC(C)[C@H](NC(=O)C(NC(=O)C(Cc1cccc(Cl)c1)NC(=O)c1ccccn1)c1ccccc1)C(=O)C(F)(F)C(=O)NCC(F)(F)F. The van der Waals surface area contributed by atoms with E-state index < -0.39 is 72.1 Å². The molecule has 3 aromatic rings. The van der Waals surface area contributed by atoms with Gasteiger partial charge in [0, 0.05) is 17.6 Å². The molecular formula is C32H31ClF5N5O5. The average Bonchev–Trinajstić information content (AvgIpc) is 3.04. The minimum absolute atomic E-state index is 0.0165. The van der Waals surface area contributed by atoms with Crippen LogP contribution in [0.25, 0.3) is 0 Å². The Morgan fingerprint density at radius 1 is 0.812 bits per heavy atom. The summed E-state index contributed by atoms with van der Waals surface area (Å²) in [7, 11) is 0. The number of rotatable bonds is 14. The lowest BCUT2D eigenvalue weighted by atomic mass is 9.94. The van der Waals surface area contributed by atoms with Crippen molar-refractivity contribution in [3.63, 3.8) is 0 Å². The third-order valence-electron chi connectivity index (χ3n) is 6.82. The monoisotopic (exact) mass is 695 g/mol. The number of benzene rings is 2. The Morgan fingerprint density at radius 3 is 2.06 bits per heavy atom. The van der Waals surface area contributed by atoms with Crippen molar-refractivity contribution >= 4 is 41.0 Å². The molecule has 0 fully saturated rings. The van der Waals surface area contributed by atoms with Gasteiger partial charge in [0.2, 0.25) is 17.6 Å². The van der Waals surface area contributed by atoms with E-state index in [0.29, 0.717) is 10.6 Å². The highest BCUT2D eigenvalue weighted by molar-refractivity contribution is 6.30. The van der Waals surface area contributed by atoms with Crippen LogP contribution in [0.5, 0.6) is 0 Å². The summed E-state index contributed by atoms with van der Waals surface area (Å²) in [4.78, 5) is 69.1. The first-order valence-corrected chi connectivity index (χ1v) is 14.8. The van der Waals surface area contributed by atoms with Gasteiger partial charge in [-0.2, -0.15) is 22.0 Å². The van der Waals surface area contributed by atoms with E-state index in [1.54, 1.807) is 42.5 Å². The standard InChI is InChI=1S/C32H31ClF5N5O5/c1-18(2)24(26(44)32(37,38)30(48)40-17-31(34,35)36)42-29(47)25(20-10-4-3-5-11-20)43-28(46)23(16-19-9-8-12-21(33)15-19)41-27(45)22-13-6-7-14-39-22/h3-15,18,23-25H,16-17H2,1-2H3,(H,40,48)(H,41,45)(H,42,47)(H,43,46)/t23?,24-,25?/m0/s1. The largest absolute Gasteiger partial charge is 0.405 e. The molecule has 4 N–H and O–H groups in total. The lowest BCUT2D eigenvalue weighted by Gasteiger charge is -2.28. The number of amides is 4. The molecule has 16 heteroatoms. The number of ketones is 1. The molecule has 0 aliphatic rings. The van der Waals surface area contributed by atoms with Crippen LogP contribution >= 0.6 is 11.6 Å². The molecule has 2 unspecified atom stereocenters. The second kappa shape index (κ2) is 16.3. The fraction of sp³-hybridized carbons (Fsp3) is 0.312. The zero-order valence-corrected chi connectivity index (χ0v) is 26.2. The van der Waals surface area contributed by atoms with Gasteiger partial charge in [0.25, 0.3) is 11.8 Å². The first kappa shape index (κ1) is 37.5. The summed E-state index contributed by atoms with van der Waals surface area (Å²) in [5.74, 6) is -13.5. The average molecular weight is 696 g/mol. The van der Waals surface area contributed by atoms with Crippen LogP contribution in [0.2, 0.25) is 5.02 Å². The normalized spacial score (nSPS) is 13.5. The molecule has 0 aliphatic heterocycles. The molecule has 1 heterocycles. The topological polar surface area (TPSA) is 146 Å². The van der Waals surface area contributed by atoms with E-state index in [1.165, 1.54) is 50.4 Å². The van der Waals surface area contributed by atoms with Gasteiger partial charge in [-0.25, -0.2) is 0 Å². The Balaban J connectivity index is 1.90. The number of halogens is 6. The number of aromatic nitrogens is 1. The summed E-state index contributed by atoms with van der Waals surface area (Å²) in [5.41, 5.74) is 0.656. The van der Waals surface area contributed by atoms with Crippen LogP contribution in [0.4, 0.5) is 22.0 Å². The van der Waals surface area contributed by atoms with E-state index in [4.69, 9.17) is 11.6 Å². The fourth-order valence-electron chi connectivity index (χ4n) is 4.40. The number of hydrogen-bond donors (Lipinski definition) is 4. The number of nitrogens with one attached hydrogen (secondary N) is 4. The van der Waals surface area contributed by atoms with E-state index in [2.05, 4.69) is 20.9 Å². The predicted octanol–water partition coefficient (Wildman–Crippen LogP) is 3.96. The van der Waals surface area contributed by atoms with E-state index in [9.17, 15) is 45.9 Å². The third kappa shape index (κ3) is 10.6. The van der Waals surface area contributed by atoms with Crippen LogP contribution in [0.15, 0.2) is 79.0 Å². The first-order valence-electron chi connectivity index (χ1n) is 14.4.